The molecule has 0 bridgehead atoms. The van der Waals surface area contributed by atoms with Gasteiger partial charge in [0.1, 0.15) is 17.4 Å². The Kier molecular flexibility index (Phi) is 5.89. The summed E-state index contributed by atoms with van der Waals surface area (Å²) in [5.74, 6) is 0.154. The predicted octanol–water partition coefficient (Wildman–Crippen LogP) is 2.19. The first-order chi connectivity index (χ1) is 15.5. The van der Waals surface area contributed by atoms with E-state index in [1.54, 1.807) is 19.2 Å². The molecule has 1 fully saturated rings. The number of ether oxygens (including phenoxy) is 4. The topological polar surface area (TPSA) is 103 Å². The summed E-state index contributed by atoms with van der Waals surface area (Å²) in [6.45, 7) is 0.299. The monoisotopic (exact) mass is 440 g/mol. The van der Waals surface area contributed by atoms with Crippen LogP contribution in [0.25, 0.3) is 0 Å². The fraction of sp³-hybridized carbons (Fsp3) is 0.348. The van der Waals surface area contributed by atoms with Crippen molar-refractivity contribution in [2.75, 3.05) is 21.3 Å². The van der Waals surface area contributed by atoms with Crippen molar-refractivity contribution in [1.29, 1.82) is 0 Å². The number of nitrogens with one attached hydrogen (secondary N) is 1. The summed E-state index contributed by atoms with van der Waals surface area (Å²) in [7, 11) is 4.48. The number of fused-ring (bicyclic) bond motifs is 1. The molecule has 1 saturated heterocycles. The number of hydrogen-bond donors (Lipinski definition) is 1. The number of methoxy groups -OCH3 is 3. The highest BCUT2D eigenvalue weighted by atomic mass is 16.6. The van der Waals surface area contributed by atoms with Crippen molar-refractivity contribution in [3.63, 3.8) is 0 Å². The van der Waals surface area contributed by atoms with Crippen molar-refractivity contribution in [3.05, 3.63) is 53.1 Å². The SMILES string of the molecule is COc1ccc(CNC(=O)[C@@H]2CCC(=O)N2C2OC(=O)c3c2ccc(OC)c3OC)cc1. The lowest BCUT2D eigenvalue weighted by molar-refractivity contribution is -0.145. The first-order valence-corrected chi connectivity index (χ1v) is 10.2. The van der Waals surface area contributed by atoms with Gasteiger partial charge in [0.2, 0.25) is 18.0 Å². The Balaban J connectivity index is 1.55. The van der Waals surface area contributed by atoms with E-state index in [0.29, 0.717) is 24.3 Å². The van der Waals surface area contributed by atoms with E-state index in [2.05, 4.69) is 5.32 Å². The van der Waals surface area contributed by atoms with Crippen molar-refractivity contribution in [3.8, 4) is 17.2 Å². The normalized spacial score (nSPS) is 19.4. The minimum Gasteiger partial charge on any atom is -0.497 e. The van der Waals surface area contributed by atoms with E-state index in [0.717, 1.165) is 11.3 Å². The number of esters is 1. The van der Waals surface area contributed by atoms with Crippen LogP contribution >= 0.6 is 0 Å². The summed E-state index contributed by atoms with van der Waals surface area (Å²) in [4.78, 5) is 39.6. The maximum Gasteiger partial charge on any atom is 0.344 e. The molecule has 2 aromatic rings. The van der Waals surface area contributed by atoms with Gasteiger partial charge in [0.05, 0.1) is 21.3 Å². The molecular weight excluding hydrogens is 416 g/mol. The van der Waals surface area contributed by atoms with Crippen LogP contribution in [0, 0.1) is 0 Å². The highest BCUT2D eigenvalue weighted by Gasteiger charge is 2.47. The fourth-order valence-corrected chi connectivity index (χ4v) is 4.09. The lowest BCUT2D eigenvalue weighted by Gasteiger charge is -2.29. The summed E-state index contributed by atoms with van der Waals surface area (Å²) in [6, 6.07) is 9.87. The van der Waals surface area contributed by atoms with Crippen LogP contribution in [0.1, 0.15) is 40.6 Å². The minimum atomic E-state index is -0.996. The zero-order chi connectivity index (χ0) is 22.8. The van der Waals surface area contributed by atoms with Crippen molar-refractivity contribution in [1.82, 2.24) is 10.2 Å². The third kappa shape index (κ3) is 3.70. The molecule has 1 unspecified atom stereocenters. The van der Waals surface area contributed by atoms with Crippen molar-refractivity contribution in [2.45, 2.75) is 31.7 Å². The van der Waals surface area contributed by atoms with E-state index < -0.39 is 18.2 Å². The van der Waals surface area contributed by atoms with Gasteiger partial charge < -0.3 is 24.3 Å². The molecule has 9 heteroatoms. The van der Waals surface area contributed by atoms with Crippen molar-refractivity contribution in [2.24, 2.45) is 0 Å². The summed E-state index contributed by atoms with van der Waals surface area (Å²) in [5.41, 5.74) is 1.56. The van der Waals surface area contributed by atoms with Gasteiger partial charge in [0, 0.05) is 18.5 Å². The van der Waals surface area contributed by atoms with E-state index >= 15 is 0 Å². The molecule has 9 nitrogen and oxygen atoms in total. The first-order valence-electron chi connectivity index (χ1n) is 10.2. The number of amides is 2. The third-order valence-electron chi connectivity index (χ3n) is 5.70. The van der Waals surface area contributed by atoms with Crippen LogP contribution in [0.15, 0.2) is 36.4 Å². The quantitative estimate of drug-likeness (QED) is 0.658. The first kappa shape index (κ1) is 21.5. The number of nitrogens with zero attached hydrogens (tertiary/aromatic N) is 1. The zero-order valence-corrected chi connectivity index (χ0v) is 18.0. The van der Waals surface area contributed by atoms with Gasteiger partial charge in [0.15, 0.2) is 11.5 Å². The molecular formula is C23H24N2O7. The summed E-state index contributed by atoms with van der Waals surface area (Å²) in [5, 5.41) is 2.87. The van der Waals surface area contributed by atoms with E-state index in [1.807, 2.05) is 24.3 Å². The van der Waals surface area contributed by atoms with Gasteiger partial charge in [-0.25, -0.2) is 4.79 Å². The van der Waals surface area contributed by atoms with Gasteiger partial charge in [-0.2, -0.15) is 0 Å². The Morgan fingerprint density at radius 2 is 1.81 bits per heavy atom. The van der Waals surface area contributed by atoms with Crippen LogP contribution < -0.4 is 19.5 Å². The van der Waals surface area contributed by atoms with Crippen molar-refractivity contribution < 1.29 is 33.3 Å². The molecule has 32 heavy (non-hydrogen) atoms. The van der Waals surface area contributed by atoms with E-state index in [9.17, 15) is 14.4 Å². The zero-order valence-electron chi connectivity index (χ0n) is 18.0. The van der Waals surface area contributed by atoms with Crippen LogP contribution in [-0.4, -0.2) is 50.1 Å². The molecule has 2 aliphatic heterocycles. The molecule has 0 aromatic heterocycles. The maximum atomic E-state index is 13.0. The average Bonchev–Trinajstić information content (AvgIpc) is 3.36. The Hall–Kier alpha value is -3.75. The Morgan fingerprint density at radius 1 is 1.06 bits per heavy atom. The third-order valence-corrected chi connectivity index (χ3v) is 5.70. The Bertz CT molecular complexity index is 1050. The number of hydrogen-bond acceptors (Lipinski definition) is 7. The van der Waals surface area contributed by atoms with Gasteiger partial charge in [-0.05, 0) is 36.2 Å². The molecule has 4 rings (SSSR count). The fourth-order valence-electron chi connectivity index (χ4n) is 4.09. The maximum absolute atomic E-state index is 13.0. The second-order valence-corrected chi connectivity index (χ2v) is 7.44. The van der Waals surface area contributed by atoms with Crippen LogP contribution in [0.3, 0.4) is 0 Å². The molecule has 2 aromatic carbocycles. The average molecular weight is 440 g/mol. The van der Waals surface area contributed by atoms with Crippen LogP contribution in [0.4, 0.5) is 0 Å². The van der Waals surface area contributed by atoms with Gasteiger partial charge in [0.25, 0.3) is 0 Å². The van der Waals surface area contributed by atoms with Crippen LogP contribution in [0.5, 0.6) is 17.2 Å². The lowest BCUT2D eigenvalue weighted by atomic mass is 10.1. The molecule has 2 aliphatic rings. The van der Waals surface area contributed by atoms with E-state index in [-0.39, 0.29) is 29.5 Å². The highest BCUT2D eigenvalue weighted by molar-refractivity contribution is 5.99. The summed E-state index contributed by atoms with van der Waals surface area (Å²) in [6.07, 6.45) is -0.467. The summed E-state index contributed by atoms with van der Waals surface area (Å²) >= 11 is 0. The van der Waals surface area contributed by atoms with Gasteiger partial charge in [-0.15, -0.1) is 0 Å². The number of likely N-dealkylation sites (tertiary alicyclic amines) is 1. The minimum absolute atomic E-state index is 0.192. The van der Waals surface area contributed by atoms with Gasteiger partial charge in [-0.3, -0.25) is 14.5 Å². The number of cyclic esters (lactones) is 1. The van der Waals surface area contributed by atoms with Crippen LogP contribution in [0.2, 0.25) is 0 Å². The molecule has 168 valence electrons. The largest absolute Gasteiger partial charge is 0.497 e. The number of rotatable bonds is 7. The van der Waals surface area contributed by atoms with Gasteiger partial charge >= 0.3 is 5.97 Å². The number of carbonyl (C=O) groups excluding carboxylic acids is 3. The molecule has 0 aliphatic carbocycles. The molecule has 0 saturated carbocycles. The molecule has 0 radical (unpaired) electrons. The molecule has 1 N–H and O–H groups in total. The Labute approximate surface area is 185 Å². The second-order valence-electron chi connectivity index (χ2n) is 7.44. The lowest BCUT2D eigenvalue weighted by Crippen LogP contribution is -2.46. The summed E-state index contributed by atoms with van der Waals surface area (Å²) < 4.78 is 21.3. The van der Waals surface area contributed by atoms with Crippen molar-refractivity contribution >= 4 is 17.8 Å². The molecule has 2 heterocycles. The van der Waals surface area contributed by atoms with E-state index in [1.165, 1.54) is 19.1 Å². The molecule has 0 spiro atoms. The smallest absolute Gasteiger partial charge is 0.344 e. The van der Waals surface area contributed by atoms with Crippen LogP contribution in [-0.2, 0) is 20.9 Å². The highest BCUT2D eigenvalue weighted by Crippen LogP contribution is 2.45. The Morgan fingerprint density at radius 3 is 2.47 bits per heavy atom. The molecule has 2 atom stereocenters. The predicted molar refractivity (Wildman–Crippen MR) is 112 cm³/mol. The standard InChI is InChI=1S/C23H24N2O7/c1-29-14-6-4-13(5-7-14)12-24-21(27)16-9-11-18(26)25(16)22-15-8-10-17(30-2)20(31-3)19(15)23(28)32-22/h4-8,10,16,22H,9,11-12H2,1-3H3,(H,24,27)/t16-,22?/m0/s1. The van der Waals surface area contributed by atoms with E-state index in [4.69, 9.17) is 18.9 Å². The number of carbonyl (C=O) groups is 3. The number of benzene rings is 2. The second kappa shape index (κ2) is 8.78. The van der Waals surface area contributed by atoms with Gasteiger partial charge in [-0.1, -0.05) is 12.1 Å². The molecule has 2 amide bonds.